The zero-order chi connectivity index (χ0) is 22.4. The maximum atomic E-state index is 13.3. The normalized spacial score (nSPS) is 20.6. The van der Waals surface area contributed by atoms with E-state index in [0.717, 1.165) is 25.8 Å². The van der Waals surface area contributed by atoms with Gasteiger partial charge in [0.15, 0.2) is 0 Å². The van der Waals surface area contributed by atoms with Crippen molar-refractivity contribution in [1.82, 2.24) is 15.1 Å². The smallest absolute Gasteiger partial charge is 0.333 e. The standard InChI is InChI=1S/C22H39N3O4/c1-9-29-21(28)15(2)14-16(3)25(8)20(27)18(22(4,5)6)23-19(26)17-12-10-11-13-24(17)7/h14,16-18H,9-13H2,1-8H3,(H,23,26)/b15-14+/t16-,17?,18+/m0/s1. The lowest BCUT2D eigenvalue weighted by molar-refractivity contribution is -0.141. The van der Waals surface area contributed by atoms with Gasteiger partial charge in [-0.15, -0.1) is 0 Å². The molecule has 1 unspecified atom stereocenters. The number of hydrogen-bond acceptors (Lipinski definition) is 5. The molecular weight excluding hydrogens is 370 g/mol. The van der Waals surface area contributed by atoms with Gasteiger partial charge in [-0.1, -0.05) is 33.3 Å². The van der Waals surface area contributed by atoms with Crippen LogP contribution in [0.5, 0.6) is 0 Å². The quantitative estimate of drug-likeness (QED) is 0.516. The highest BCUT2D eigenvalue weighted by Gasteiger charge is 2.38. The molecule has 0 spiro atoms. The number of nitrogens with zero attached hydrogens (tertiary/aromatic N) is 2. The molecule has 0 aliphatic carbocycles. The highest BCUT2D eigenvalue weighted by Crippen LogP contribution is 2.23. The first-order valence-corrected chi connectivity index (χ1v) is 10.5. The molecule has 1 rings (SSSR count). The first-order chi connectivity index (χ1) is 13.4. The molecule has 2 amide bonds. The van der Waals surface area contributed by atoms with Crippen LogP contribution in [-0.4, -0.2) is 73.0 Å². The Morgan fingerprint density at radius 1 is 1.28 bits per heavy atom. The fourth-order valence-electron chi connectivity index (χ4n) is 3.48. The summed E-state index contributed by atoms with van der Waals surface area (Å²) in [6.07, 6.45) is 4.63. The van der Waals surface area contributed by atoms with Crippen molar-refractivity contribution in [2.45, 2.75) is 78.9 Å². The minimum absolute atomic E-state index is 0.0974. The average molecular weight is 410 g/mol. The monoisotopic (exact) mass is 409 g/mol. The van der Waals surface area contributed by atoms with Gasteiger partial charge in [0.2, 0.25) is 11.8 Å². The number of likely N-dealkylation sites (tertiary alicyclic amines) is 1. The summed E-state index contributed by atoms with van der Waals surface area (Å²) in [5, 5.41) is 3.00. The summed E-state index contributed by atoms with van der Waals surface area (Å²) < 4.78 is 5.00. The minimum Gasteiger partial charge on any atom is -0.463 e. The molecule has 0 saturated carbocycles. The van der Waals surface area contributed by atoms with Crippen molar-refractivity contribution in [2.24, 2.45) is 5.41 Å². The lowest BCUT2D eigenvalue weighted by atomic mass is 9.85. The predicted octanol–water partition coefficient (Wildman–Crippen LogP) is 2.36. The van der Waals surface area contributed by atoms with E-state index in [1.807, 2.05) is 34.7 Å². The van der Waals surface area contributed by atoms with Crippen LogP contribution in [0.1, 0.15) is 60.8 Å². The second kappa shape index (κ2) is 10.8. The molecule has 0 aromatic heterocycles. The van der Waals surface area contributed by atoms with Crippen LogP contribution in [0, 0.1) is 5.41 Å². The van der Waals surface area contributed by atoms with Crippen LogP contribution in [0.3, 0.4) is 0 Å². The fourth-order valence-corrected chi connectivity index (χ4v) is 3.48. The number of ether oxygens (including phenoxy) is 1. The molecular formula is C22H39N3O4. The summed E-state index contributed by atoms with van der Waals surface area (Å²) in [6, 6.07) is -1.17. The molecule has 1 N–H and O–H groups in total. The van der Waals surface area contributed by atoms with Crippen LogP contribution in [0.2, 0.25) is 0 Å². The van der Waals surface area contributed by atoms with E-state index in [2.05, 4.69) is 10.2 Å². The van der Waals surface area contributed by atoms with Gasteiger partial charge < -0.3 is 15.0 Å². The number of hydrogen-bond donors (Lipinski definition) is 1. The van der Waals surface area contributed by atoms with E-state index in [-0.39, 0.29) is 29.9 Å². The fraction of sp³-hybridized carbons (Fsp3) is 0.773. The Hall–Kier alpha value is -1.89. The third kappa shape index (κ3) is 7.14. The number of esters is 1. The molecule has 7 nitrogen and oxygen atoms in total. The molecule has 0 aromatic carbocycles. The summed E-state index contributed by atoms with van der Waals surface area (Å²) in [5.41, 5.74) is 0.00704. The molecule has 29 heavy (non-hydrogen) atoms. The lowest BCUT2D eigenvalue weighted by Crippen LogP contribution is -2.59. The van der Waals surface area contributed by atoms with E-state index in [4.69, 9.17) is 4.74 Å². The molecule has 0 bridgehead atoms. The number of piperidine rings is 1. The minimum atomic E-state index is -0.658. The number of carbonyl (C=O) groups is 3. The number of likely N-dealkylation sites (N-methyl/N-ethyl adjacent to an activating group) is 2. The molecule has 1 saturated heterocycles. The van der Waals surface area contributed by atoms with Crippen LogP contribution in [0.25, 0.3) is 0 Å². The topological polar surface area (TPSA) is 79.0 Å². The Balaban J connectivity index is 2.94. The molecule has 166 valence electrons. The van der Waals surface area contributed by atoms with Crippen molar-refractivity contribution in [2.75, 3.05) is 27.2 Å². The van der Waals surface area contributed by atoms with Gasteiger partial charge in [-0.2, -0.15) is 0 Å². The van der Waals surface area contributed by atoms with Crippen LogP contribution in [0.4, 0.5) is 0 Å². The Morgan fingerprint density at radius 3 is 2.41 bits per heavy atom. The van der Waals surface area contributed by atoms with E-state index < -0.39 is 11.5 Å². The predicted molar refractivity (Wildman–Crippen MR) is 114 cm³/mol. The van der Waals surface area contributed by atoms with Crippen LogP contribution in [0.15, 0.2) is 11.6 Å². The first-order valence-electron chi connectivity index (χ1n) is 10.5. The van der Waals surface area contributed by atoms with Gasteiger partial charge in [0.1, 0.15) is 6.04 Å². The summed E-state index contributed by atoms with van der Waals surface area (Å²) in [6.45, 7) is 12.3. The maximum absolute atomic E-state index is 13.3. The first kappa shape index (κ1) is 25.1. The summed E-state index contributed by atoms with van der Waals surface area (Å²) >= 11 is 0. The molecule has 1 aliphatic rings. The lowest BCUT2D eigenvalue weighted by Gasteiger charge is -2.38. The second-order valence-corrected chi connectivity index (χ2v) is 9.06. The molecule has 0 aromatic rings. The zero-order valence-corrected chi connectivity index (χ0v) is 19.4. The van der Waals surface area contributed by atoms with Crippen molar-refractivity contribution in [3.63, 3.8) is 0 Å². The van der Waals surface area contributed by atoms with E-state index in [0.29, 0.717) is 12.2 Å². The van der Waals surface area contributed by atoms with E-state index in [1.54, 1.807) is 31.9 Å². The molecule has 3 atom stereocenters. The van der Waals surface area contributed by atoms with Gasteiger partial charge in [-0.05, 0) is 52.6 Å². The van der Waals surface area contributed by atoms with Crippen LogP contribution >= 0.6 is 0 Å². The van der Waals surface area contributed by atoms with Gasteiger partial charge in [-0.3, -0.25) is 14.5 Å². The molecule has 0 radical (unpaired) electrons. The van der Waals surface area contributed by atoms with E-state index in [1.165, 1.54) is 0 Å². The Bertz CT molecular complexity index is 624. The third-order valence-corrected chi connectivity index (χ3v) is 5.52. The Labute approximate surface area is 175 Å². The van der Waals surface area contributed by atoms with Crippen LogP contribution < -0.4 is 5.32 Å². The Morgan fingerprint density at radius 2 is 1.90 bits per heavy atom. The molecule has 1 aliphatic heterocycles. The summed E-state index contributed by atoms with van der Waals surface area (Å²) in [5.74, 6) is -0.661. The van der Waals surface area contributed by atoms with Crippen molar-refractivity contribution < 1.29 is 19.1 Å². The van der Waals surface area contributed by atoms with Gasteiger partial charge >= 0.3 is 5.97 Å². The van der Waals surface area contributed by atoms with Gasteiger partial charge in [0, 0.05) is 18.7 Å². The number of amides is 2. The molecule has 1 heterocycles. The largest absolute Gasteiger partial charge is 0.463 e. The highest BCUT2D eigenvalue weighted by molar-refractivity contribution is 5.91. The van der Waals surface area contributed by atoms with E-state index in [9.17, 15) is 14.4 Å². The second-order valence-electron chi connectivity index (χ2n) is 9.06. The number of rotatable bonds is 7. The van der Waals surface area contributed by atoms with E-state index >= 15 is 0 Å². The SMILES string of the molecule is CCOC(=O)/C(C)=C/[C@H](C)N(C)C(=O)[C@@H](NC(=O)C1CCCCN1C)C(C)(C)C. The van der Waals surface area contributed by atoms with Gasteiger partial charge in [0.05, 0.1) is 12.6 Å². The zero-order valence-electron chi connectivity index (χ0n) is 19.4. The summed E-state index contributed by atoms with van der Waals surface area (Å²) in [4.78, 5) is 41.7. The number of nitrogens with one attached hydrogen (secondary N) is 1. The average Bonchev–Trinajstić information content (AvgIpc) is 2.64. The van der Waals surface area contributed by atoms with Crippen molar-refractivity contribution >= 4 is 17.8 Å². The van der Waals surface area contributed by atoms with Crippen molar-refractivity contribution in [3.05, 3.63) is 11.6 Å². The Kier molecular flexibility index (Phi) is 9.33. The number of carbonyl (C=O) groups excluding carboxylic acids is 3. The van der Waals surface area contributed by atoms with Crippen molar-refractivity contribution in [1.29, 1.82) is 0 Å². The molecule has 1 fully saturated rings. The van der Waals surface area contributed by atoms with Crippen molar-refractivity contribution in [3.8, 4) is 0 Å². The van der Waals surface area contributed by atoms with Crippen LogP contribution in [-0.2, 0) is 19.1 Å². The van der Waals surface area contributed by atoms with Gasteiger partial charge in [0.25, 0.3) is 0 Å². The van der Waals surface area contributed by atoms with Gasteiger partial charge in [-0.25, -0.2) is 4.79 Å². The highest BCUT2D eigenvalue weighted by atomic mass is 16.5. The third-order valence-electron chi connectivity index (χ3n) is 5.52. The summed E-state index contributed by atoms with van der Waals surface area (Å²) in [7, 11) is 3.65. The maximum Gasteiger partial charge on any atom is 0.333 e. The molecule has 7 heteroatoms.